The van der Waals surface area contributed by atoms with Gasteiger partial charge in [0, 0.05) is 0 Å². The molecule has 0 unspecified atom stereocenters. The van der Waals surface area contributed by atoms with E-state index < -0.39 is 12.0 Å². The number of carbonyl (C=O) groups is 1. The highest BCUT2D eigenvalue weighted by Gasteiger charge is 2.33. The SMILES string of the molecule is CCC1=C(C(=O)OC)[C@@H](c2ccccc2)n2c(s/c(=C/c3cccc(OC(C)C)c3)c2=O)=N1. The van der Waals surface area contributed by atoms with E-state index >= 15 is 0 Å². The minimum absolute atomic E-state index is 0.0561. The summed E-state index contributed by atoms with van der Waals surface area (Å²) in [5, 5.41) is 0. The molecule has 33 heavy (non-hydrogen) atoms. The lowest BCUT2D eigenvalue weighted by Gasteiger charge is -2.25. The molecule has 7 heteroatoms. The fraction of sp³-hybridized carbons (Fsp3) is 0.269. The van der Waals surface area contributed by atoms with Gasteiger partial charge >= 0.3 is 5.97 Å². The first kappa shape index (κ1) is 22.7. The molecule has 1 atom stereocenters. The summed E-state index contributed by atoms with van der Waals surface area (Å²) in [7, 11) is 1.35. The number of esters is 1. The van der Waals surface area contributed by atoms with Crippen LogP contribution in [0.15, 0.2) is 75.7 Å². The monoisotopic (exact) mass is 462 g/mol. The van der Waals surface area contributed by atoms with E-state index in [1.54, 1.807) is 4.57 Å². The van der Waals surface area contributed by atoms with E-state index in [9.17, 15) is 9.59 Å². The fourth-order valence-corrected chi connectivity index (χ4v) is 4.94. The van der Waals surface area contributed by atoms with Crippen LogP contribution in [-0.2, 0) is 9.53 Å². The normalized spacial score (nSPS) is 15.9. The summed E-state index contributed by atoms with van der Waals surface area (Å²) in [5.74, 6) is 0.271. The zero-order valence-corrected chi connectivity index (χ0v) is 19.9. The molecule has 0 saturated heterocycles. The molecule has 0 N–H and O–H groups in total. The second-order valence-corrected chi connectivity index (χ2v) is 8.95. The lowest BCUT2D eigenvalue weighted by molar-refractivity contribution is -0.136. The van der Waals surface area contributed by atoms with Crippen molar-refractivity contribution in [2.45, 2.75) is 39.3 Å². The Morgan fingerprint density at radius 2 is 1.94 bits per heavy atom. The van der Waals surface area contributed by atoms with E-state index in [1.807, 2.05) is 81.4 Å². The number of carbonyl (C=O) groups excluding carboxylic acids is 1. The number of ether oxygens (including phenoxy) is 2. The van der Waals surface area contributed by atoms with E-state index in [2.05, 4.69) is 4.99 Å². The highest BCUT2D eigenvalue weighted by Crippen LogP contribution is 2.31. The third-order valence-electron chi connectivity index (χ3n) is 5.29. The lowest BCUT2D eigenvalue weighted by atomic mass is 9.95. The number of fused-ring (bicyclic) bond motifs is 1. The van der Waals surface area contributed by atoms with E-state index in [4.69, 9.17) is 9.47 Å². The second kappa shape index (κ2) is 9.58. The summed E-state index contributed by atoms with van der Waals surface area (Å²) in [4.78, 5) is 31.6. The molecule has 0 radical (unpaired) electrons. The third-order valence-corrected chi connectivity index (χ3v) is 6.28. The van der Waals surface area contributed by atoms with Gasteiger partial charge < -0.3 is 9.47 Å². The lowest BCUT2D eigenvalue weighted by Crippen LogP contribution is -2.40. The predicted octanol–water partition coefficient (Wildman–Crippen LogP) is 3.59. The van der Waals surface area contributed by atoms with Crippen molar-refractivity contribution in [3.05, 3.63) is 96.7 Å². The largest absolute Gasteiger partial charge is 0.491 e. The van der Waals surface area contributed by atoms with Crippen LogP contribution < -0.4 is 19.6 Å². The predicted molar refractivity (Wildman–Crippen MR) is 129 cm³/mol. The summed E-state index contributed by atoms with van der Waals surface area (Å²) < 4.78 is 13.0. The van der Waals surface area contributed by atoms with Gasteiger partial charge in [0.25, 0.3) is 5.56 Å². The van der Waals surface area contributed by atoms with Crippen molar-refractivity contribution in [2.75, 3.05) is 7.11 Å². The standard InChI is InChI=1S/C26H26N2O4S/c1-5-20-22(25(30)31-4)23(18-11-7-6-8-12-18)28-24(29)21(33-26(28)27-20)15-17-10-9-13-19(14-17)32-16(2)3/h6-16,23H,5H2,1-4H3/b21-15+/t23-/m1/s1. The van der Waals surface area contributed by atoms with E-state index in [0.29, 0.717) is 27.0 Å². The molecule has 6 nitrogen and oxygen atoms in total. The van der Waals surface area contributed by atoms with Crippen molar-refractivity contribution in [3.63, 3.8) is 0 Å². The maximum absolute atomic E-state index is 13.6. The highest BCUT2D eigenvalue weighted by molar-refractivity contribution is 7.07. The van der Waals surface area contributed by atoms with Crippen molar-refractivity contribution in [3.8, 4) is 5.75 Å². The van der Waals surface area contributed by atoms with Gasteiger partial charge in [-0.25, -0.2) is 9.79 Å². The number of hydrogen-bond acceptors (Lipinski definition) is 6. The quantitative estimate of drug-likeness (QED) is 0.525. The van der Waals surface area contributed by atoms with Gasteiger partial charge in [0.1, 0.15) is 5.75 Å². The van der Waals surface area contributed by atoms with Crippen molar-refractivity contribution < 1.29 is 14.3 Å². The van der Waals surface area contributed by atoms with E-state index in [0.717, 1.165) is 16.9 Å². The molecule has 4 rings (SSSR count). The molecule has 0 fully saturated rings. The molecule has 170 valence electrons. The molecular formula is C26H26N2O4S. The summed E-state index contributed by atoms with van der Waals surface area (Å²) in [6, 6.07) is 16.6. The van der Waals surface area contributed by atoms with Crippen LogP contribution in [0.5, 0.6) is 5.75 Å². The van der Waals surface area contributed by atoms with Crippen LogP contribution >= 0.6 is 11.3 Å². The van der Waals surface area contributed by atoms with Crippen molar-refractivity contribution in [1.29, 1.82) is 0 Å². The maximum atomic E-state index is 13.6. The van der Waals surface area contributed by atoms with Crippen LogP contribution in [-0.4, -0.2) is 23.8 Å². The topological polar surface area (TPSA) is 69.9 Å². The van der Waals surface area contributed by atoms with Gasteiger partial charge in [-0.1, -0.05) is 60.7 Å². The number of aromatic nitrogens is 1. The molecule has 2 heterocycles. The molecule has 1 aliphatic heterocycles. The number of rotatable bonds is 6. The molecule has 0 saturated carbocycles. The Kier molecular flexibility index (Phi) is 6.60. The molecule has 3 aromatic rings. The van der Waals surface area contributed by atoms with E-state index in [-0.39, 0.29) is 11.7 Å². The number of hydrogen-bond donors (Lipinski definition) is 0. The number of methoxy groups -OCH3 is 1. The average molecular weight is 463 g/mol. The van der Waals surface area contributed by atoms with Crippen molar-refractivity contribution in [2.24, 2.45) is 4.99 Å². The molecule has 1 aromatic heterocycles. The van der Waals surface area contributed by atoms with Gasteiger partial charge in [-0.15, -0.1) is 0 Å². The minimum atomic E-state index is -0.595. The first-order valence-corrected chi connectivity index (χ1v) is 11.7. The van der Waals surface area contributed by atoms with Gasteiger partial charge in [0.05, 0.1) is 35.1 Å². The molecule has 0 amide bonds. The number of allylic oxidation sites excluding steroid dienone is 1. The zero-order chi connectivity index (χ0) is 23.5. The number of nitrogens with zero attached hydrogens (tertiary/aromatic N) is 2. The first-order chi connectivity index (χ1) is 15.9. The van der Waals surface area contributed by atoms with E-state index in [1.165, 1.54) is 18.4 Å². The molecule has 0 aliphatic carbocycles. The Bertz CT molecular complexity index is 1380. The Balaban J connectivity index is 1.92. The third kappa shape index (κ3) is 4.54. The molecule has 0 bridgehead atoms. The number of benzene rings is 2. The van der Waals surface area contributed by atoms with Crippen LogP contribution in [0, 0.1) is 0 Å². The van der Waals surface area contributed by atoms with Gasteiger partial charge in [-0.3, -0.25) is 9.36 Å². The Morgan fingerprint density at radius 3 is 2.61 bits per heavy atom. The van der Waals surface area contributed by atoms with Crippen molar-refractivity contribution >= 4 is 23.4 Å². The summed E-state index contributed by atoms with van der Waals surface area (Å²) in [6.07, 6.45) is 2.45. The number of thiazole rings is 1. The van der Waals surface area contributed by atoms with Gasteiger partial charge in [-0.05, 0) is 49.6 Å². The molecule has 0 spiro atoms. The summed E-state index contributed by atoms with van der Waals surface area (Å²) in [5.41, 5.74) is 2.53. The van der Waals surface area contributed by atoms with Crippen LogP contribution in [0.2, 0.25) is 0 Å². The molecule has 1 aliphatic rings. The highest BCUT2D eigenvalue weighted by atomic mass is 32.1. The van der Waals surface area contributed by atoms with Crippen LogP contribution in [0.3, 0.4) is 0 Å². The van der Waals surface area contributed by atoms with Crippen LogP contribution in [0.1, 0.15) is 44.4 Å². The Labute approximate surface area is 196 Å². The Hall–Kier alpha value is -3.45. The second-order valence-electron chi connectivity index (χ2n) is 7.94. The average Bonchev–Trinajstić information content (AvgIpc) is 3.12. The van der Waals surface area contributed by atoms with Gasteiger partial charge in [0.15, 0.2) is 4.80 Å². The molecular weight excluding hydrogens is 436 g/mol. The minimum Gasteiger partial charge on any atom is -0.491 e. The van der Waals surface area contributed by atoms with Crippen molar-refractivity contribution in [1.82, 2.24) is 4.57 Å². The van der Waals surface area contributed by atoms with Gasteiger partial charge in [-0.2, -0.15) is 0 Å². The van der Waals surface area contributed by atoms with Crippen LogP contribution in [0.4, 0.5) is 0 Å². The zero-order valence-electron chi connectivity index (χ0n) is 19.1. The molecule has 2 aromatic carbocycles. The van der Waals surface area contributed by atoms with Gasteiger partial charge in [0.2, 0.25) is 0 Å². The maximum Gasteiger partial charge on any atom is 0.338 e. The summed E-state index contributed by atoms with van der Waals surface area (Å²) >= 11 is 1.32. The summed E-state index contributed by atoms with van der Waals surface area (Å²) in [6.45, 7) is 5.88. The fourth-order valence-electron chi connectivity index (χ4n) is 3.92. The smallest absolute Gasteiger partial charge is 0.338 e. The van der Waals surface area contributed by atoms with Crippen LogP contribution in [0.25, 0.3) is 6.08 Å². The first-order valence-electron chi connectivity index (χ1n) is 10.9. The Morgan fingerprint density at radius 1 is 1.18 bits per heavy atom.